The second kappa shape index (κ2) is 10.6. The summed E-state index contributed by atoms with van der Waals surface area (Å²) in [6, 6.07) is 13.2. The van der Waals surface area contributed by atoms with Crippen LogP contribution >= 0.6 is 11.6 Å². The van der Waals surface area contributed by atoms with Gasteiger partial charge in [0.05, 0.1) is 29.6 Å². The first kappa shape index (κ1) is 24.9. The van der Waals surface area contributed by atoms with E-state index in [0.29, 0.717) is 43.7 Å². The van der Waals surface area contributed by atoms with Gasteiger partial charge in [-0.25, -0.2) is 13.1 Å². The topological polar surface area (TPSA) is 81.7 Å². The molecular weight excluding hydrogens is 474 g/mol. The number of hydrogen-bond acceptors (Lipinski definition) is 5. The molecule has 0 atom stereocenters. The Morgan fingerprint density at radius 3 is 2.41 bits per heavy atom. The quantitative estimate of drug-likeness (QED) is 0.534. The Morgan fingerprint density at radius 1 is 1.06 bits per heavy atom. The van der Waals surface area contributed by atoms with Crippen molar-refractivity contribution in [3.05, 3.63) is 64.7 Å². The average molecular weight is 504 g/mol. The second-order valence-corrected chi connectivity index (χ2v) is 11.0. The number of benzene rings is 2. The molecule has 1 saturated carbocycles. The summed E-state index contributed by atoms with van der Waals surface area (Å²) in [5.41, 5.74) is 5.00. The molecule has 0 heterocycles. The summed E-state index contributed by atoms with van der Waals surface area (Å²) in [5, 5.41) is 0.665. The molecule has 0 spiro atoms. The molecule has 8 heteroatoms. The third-order valence-electron chi connectivity index (χ3n) is 6.74. The Hall–Kier alpha value is -2.19. The zero-order valence-corrected chi connectivity index (χ0v) is 21.0. The number of methoxy groups -OCH3 is 2. The van der Waals surface area contributed by atoms with Crippen molar-refractivity contribution in [1.29, 1.82) is 0 Å². The standard InChI is InChI=1S/C26H30ClNO5S/c1-32-14-13-17-3-5-18(6-4-17)24-16-20-15-22(11-12-23(20)25(24)27)34(30,31)28-21-9-7-19(8-10-21)26(29)33-2/h3-6,11-12,15,19,21,28H,7-10,13-14,16H2,1-2H3. The summed E-state index contributed by atoms with van der Waals surface area (Å²) < 4.78 is 38.9. The predicted molar refractivity (Wildman–Crippen MR) is 133 cm³/mol. The lowest BCUT2D eigenvalue weighted by Gasteiger charge is -2.27. The van der Waals surface area contributed by atoms with Crippen molar-refractivity contribution < 1.29 is 22.7 Å². The molecule has 0 aromatic heterocycles. The van der Waals surface area contributed by atoms with E-state index in [4.69, 9.17) is 21.1 Å². The van der Waals surface area contributed by atoms with E-state index in [2.05, 4.69) is 29.0 Å². The normalized spacial score (nSPS) is 20.3. The Bertz CT molecular complexity index is 1180. The van der Waals surface area contributed by atoms with Gasteiger partial charge in [-0.05, 0) is 72.1 Å². The first-order valence-corrected chi connectivity index (χ1v) is 13.4. The zero-order valence-electron chi connectivity index (χ0n) is 19.5. The number of esters is 1. The van der Waals surface area contributed by atoms with Gasteiger partial charge in [0.25, 0.3) is 0 Å². The van der Waals surface area contributed by atoms with Gasteiger partial charge in [0.15, 0.2) is 0 Å². The monoisotopic (exact) mass is 503 g/mol. The average Bonchev–Trinajstić information content (AvgIpc) is 3.18. The van der Waals surface area contributed by atoms with E-state index in [0.717, 1.165) is 28.7 Å². The van der Waals surface area contributed by atoms with Crippen LogP contribution in [0.1, 0.15) is 47.9 Å². The fourth-order valence-corrected chi connectivity index (χ4v) is 6.47. The van der Waals surface area contributed by atoms with Gasteiger partial charge in [-0.2, -0.15) is 0 Å². The maximum absolute atomic E-state index is 13.1. The number of halogens is 1. The van der Waals surface area contributed by atoms with E-state index in [-0.39, 0.29) is 22.8 Å². The first-order chi connectivity index (χ1) is 16.3. The molecule has 0 aliphatic heterocycles. The van der Waals surface area contributed by atoms with Gasteiger partial charge in [0.2, 0.25) is 10.0 Å². The lowest BCUT2D eigenvalue weighted by Crippen LogP contribution is -2.38. The molecule has 0 saturated heterocycles. The van der Waals surface area contributed by atoms with Gasteiger partial charge >= 0.3 is 5.97 Å². The van der Waals surface area contributed by atoms with Crippen molar-refractivity contribution in [2.75, 3.05) is 20.8 Å². The van der Waals surface area contributed by atoms with Gasteiger partial charge in [-0.1, -0.05) is 41.9 Å². The SMILES string of the molecule is COCCc1ccc(C2=C(Cl)c3ccc(S(=O)(=O)NC4CCC(C(=O)OC)CC4)cc3C2)cc1. The Labute approximate surface area is 206 Å². The van der Waals surface area contributed by atoms with E-state index < -0.39 is 10.0 Å². The van der Waals surface area contributed by atoms with E-state index in [1.165, 1.54) is 12.7 Å². The van der Waals surface area contributed by atoms with Crippen LogP contribution in [0.25, 0.3) is 10.6 Å². The molecule has 2 aromatic carbocycles. The highest BCUT2D eigenvalue weighted by molar-refractivity contribution is 7.89. The van der Waals surface area contributed by atoms with Crippen LogP contribution in [0.2, 0.25) is 0 Å². The predicted octanol–water partition coefficient (Wildman–Crippen LogP) is 4.55. The molecule has 0 amide bonds. The van der Waals surface area contributed by atoms with Crippen LogP contribution in [-0.4, -0.2) is 41.3 Å². The van der Waals surface area contributed by atoms with Crippen LogP contribution in [0, 0.1) is 5.92 Å². The number of sulfonamides is 1. The van der Waals surface area contributed by atoms with E-state index >= 15 is 0 Å². The zero-order chi connectivity index (χ0) is 24.3. The third-order valence-corrected chi connectivity index (χ3v) is 8.69. The highest BCUT2D eigenvalue weighted by Gasteiger charge is 2.30. The summed E-state index contributed by atoms with van der Waals surface area (Å²) in [4.78, 5) is 12.0. The number of rotatable bonds is 8. The molecule has 2 aliphatic carbocycles. The summed E-state index contributed by atoms with van der Waals surface area (Å²) in [6.07, 6.45) is 3.90. The minimum atomic E-state index is -3.68. The Balaban J connectivity index is 1.44. The summed E-state index contributed by atoms with van der Waals surface area (Å²) in [7, 11) is -0.605. The molecule has 2 aromatic rings. The van der Waals surface area contributed by atoms with Crippen molar-refractivity contribution in [1.82, 2.24) is 4.72 Å². The highest BCUT2D eigenvalue weighted by Crippen LogP contribution is 2.41. The van der Waals surface area contributed by atoms with Crippen LogP contribution in [0.15, 0.2) is 47.4 Å². The number of ether oxygens (including phenoxy) is 2. The smallest absolute Gasteiger partial charge is 0.308 e. The van der Waals surface area contributed by atoms with Crippen LogP contribution in [0.5, 0.6) is 0 Å². The number of allylic oxidation sites excluding steroid dienone is 1. The van der Waals surface area contributed by atoms with Crippen molar-refractivity contribution >= 4 is 38.2 Å². The summed E-state index contributed by atoms with van der Waals surface area (Å²) >= 11 is 6.70. The highest BCUT2D eigenvalue weighted by atomic mass is 35.5. The van der Waals surface area contributed by atoms with Crippen LogP contribution < -0.4 is 4.72 Å². The van der Waals surface area contributed by atoms with Gasteiger partial charge in [-0.15, -0.1) is 0 Å². The lowest BCUT2D eigenvalue weighted by atomic mass is 9.86. The molecule has 4 rings (SSSR count). The van der Waals surface area contributed by atoms with E-state index in [1.807, 2.05) is 0 Å². The molecule has 0 unspecified atom stereocenters. The molecule has 182 valence electrons. The van der Waals surface area contributed by atoms with Crippen molar-refractivity contribution in [3.63, 3.8) is 0 Å². The molecule has 34 heavy (non-hydrogen) atoms. The molecule has 1 N–H and O–H groups in total. The van der Waals surface area contributed by atoms with Gasteiger partial charge < -0.3 is 9.47 Å². The molecule has 0 radical (unpaired) electrons. The van der Waals surface area contributed by atoms with Crippen LogP contribution in [0.4, 0.5) is 0 Å². The summed E-state index contributed by atoms with van der Waals surface area (Å²) in [6.45, 7) is 0.673. The Morgan fingerprint density at radius 2 is 1.76 bits per heavy atom. The fourth-order valence-electron chi connectivity index (χ4n) is 4.75. The maximum Gasteiger partial charge on any atom is 0.308 e. The van der Waals surface area contributed by atoms with Crippen LogP contribution in [-0.2, 0) is 37.1 Å². The molecule has 0 bridgehead atoms. The maximum atomic E-state index is 13.1. The lowest BCUT2D eigenvalue weighted by molar-refractivity contribution is -0.146. The minimum absolute atomic E-state index is 0.147. The van der Waals surface area contributed by atoms with E-state index in [1.54, 1.807) is 25.3 Å². The largest absolute Gasteiger partial charge is 0.469 e. The minimum Gasteiger partial charge on any atom is -0.469 e. The number of fused-ring (bicyclic) bond motifs is 1. The number of nitrogens with one attached hydrogen (secondary N) is 1. The first-order valence-electron chi connectivity index (χ1n) is 11.5. The Kier molecular flexibility index (Phi) is 7.77. The number of hydrogen-bond donors (Lipinski definition) is 1. The molecule has 2 aliphatic rings. The van der Waals surface area contributed by atoms with Gasteiger partial charge in [0, 0.05) is 19.6 Å². The fraction of sp³-hybridized carbons (Fsp3) is 0.423. The molecular formula is C26H30ClNO5S. The summed E-state index contributed by atoms with van der Waals surface area (Å²) in [5.74, 6) is -0.365. The van der Waals surface area contributed by atoms with E-state index in [9.17, 15) is 13.2 Å². The number of carbonyl (C=O) groups is 1. The van der Waals surface area contributed by atoms with Gasteiger partial charge in [0.1, 0.15) is 0 Å². The second-order valence-electron chi connectivity index (χ2n) is 8.92. The molecule has 1 fully saturated rings. The van der Waals surface area contributed by atoms with Crippen molar-refractivity contribution in [3.8, 4) is 0 Å². The van der Waals surface area contributed by atoms with Gasteiger partial charge in [-0.3, -0.25) is 4.79 Å². The van der Waals surface area contributed by atoms with Crippen molar-refractivity contribution in [2.24, 2.45) is 5.92 Å². The number of carbonyl (C=O) groups excluding carboxylic acids is 1. The third kappa shape index (κ3) is 5.38. The van der Waals surface area contributed by atoms with Crippen LogP contribution in [0.3, 0.4) is 0 Å². The molecule has 6 nitrogen and oxygen atoms in total. The van der Waals surface area contributed by atoms with Crippen molar-refractivity contribution in [2.45, 2.75) is 49.5 Å².